The van der Waals surface area contributed by atoms with E-state index in [0.29, 0.717) is 5.56 Å². The van der Waals surface area contributed by atoms with Crippen LogP contribution in [0.15, 0.2) is 24.3 Å². The molecule has 1 aromatic carbocycles. The maximum atomic E-state index is 11.6. The van der Waals surface area contributed by atoms with E-state index in [1.54, 1.807) is 0 Å². The summed E-state index contributed by atoms with van der Waals surface area (Å²) in [6.45, 7) is 0. The number of hydrogen-bond donors (Lipinski definition) is 1. The highest BCUT2D eigenvalue weighted by Crippen LogP contribution is 2.26. The van der Waals surface area contributed by atoms with Crippen LogP contribution in [0.25, 0.3) is 0 Å². The molecule has 1 N–H and O–H groups in total. The Bertz CT molecular complexity index is 493. The fourth-order valence-corrected chi connectivity index (χ4v) is 1.51. The number of imide groups is 1. The quantitative estimate of drug-likeness (QED) is 0.827. The summed E-state index contributed by atoms with van der Waals surface area (Å²) in [5, 5.41) is 8.72. The minimum atomic E-state index is -1.05. The summed E-state index contributed by atoms with van der Waals surface area (Å²) in [4.78, 5) is 34.3. The summed E-state index contributed by atoms with van der Waals surface area (Å²) in [7, 11) is 1.33. The Balaban J connectivity index is 2.27. The van der Waals surface area contributed by atoms with Gasteiger partial charge in [0, 0.05) is 12.6 Å². The van der Waals surface area contributed by atoms with E-state index in [0.717, 1.165) is 4.90 Å². The van der Waals surface area contributed by atoms with Gasteiger partial charge in [-0.05, 0) is 12.1 Å². The number of likely N-dealkylation sites (N-methyl/N-ethyl adjacent to an activating group) is 1. The zero-order valence-corrected chi connectivity index (χ0v) is 8.91. The largest absolute Gasteiger partial charge is 0.478 e. The number of cyclic esters (lactones) is 1. The van der Waals surface area contributed by atoms with Crippen LogP contribution in [0.1, 0.15) is 22.0 Å². The van der Waals surface area contributed by atoms with Crippen LogP contribution in [0, 0.1) is 0 Å². The molecule has 0 saturated carbocycles. The van der Waals surface area contributed by atoms with Crippen molar-refractivity contribution in [3.8, 4) is 0 Å². The first kappa shape index (κ1) is 11.1. The number of carbonyl (C=O) groups is 3. The van der Waals surface area contributed by atoms with Gasteiger partial charge in [0.05, 0.1) is 5.56 Å². The predicted molar refractivity (Wildman–Crippen MR) is 55.4 cm³/mol. The minimum absolute atomic E-state index is 0.110. The van der Waals surface area contributed by atoms with Crippen molar-refractivity contribution in [1.29, 1.82) is 0 Å². The molecular weight excluding hydrogens is 226 g/mol. The highest BCUT2D eigenvalue weighted by atomic mass is 16.6. The molecule has 6 nitrogen and oxygen atoms in total. The minimum Gasteiger partial charge on any atom is -0.478 e. The van der Waals surface area contributed by atoms with Crippen LogP contribution in [-0.2, 0) is 9.53 Å². The maximum Gasteiger partial charge on any atom is 0.417 e. The summed E-state index contributed by atoms with van der Waals surface area (Å²) in [6.07, 6.45) is -1.68. The van der Waals surface area contributed by atoms with Crippen molar-refractivity contribution in [2.24, 2.45) is 0 Å². The summed E-state index contributed by atoms with van der Waals surface area (Å²) >= 11 is 0. The first-order chi connectivity index (χ1) is 8.00. The molecule has 0 aliphatic carbocycles. The molecule has 1 unspecified atom stereocenters. The molecule has 0 bridgehead atoms. The SMILES string of the molecule is CN1C(=O)OC(c2ccc(C(=O)O)cc2)C1=O. The summed E-state index contributed by atoms with van der Waals surface area (Å²) in [6, 6.07) is 5.63. The van der Waals surface area contributed by atoms with E-state index >= 15 is 0 Å². The average molecular weight is 235 g/mol. The topological polar surface area (TPSA) is 83.9 Å². The molecule has 1 fully saturated rings. The first-order valence-electron chi connectivity index (χ1n) is 4.82. The third-order valence-electron chi connectivity index (χ3n) is 2.51. The number of carboxylic acid groups (broad SMARTS) is 1. The molecule has 1 aliphatic rings. The number of nitrogens with zero attached hydrogens (tertiary/aromatic N) is 1. The normalized spacial score (nSPS) is 19.4. The van der Waals surface area contributed by atoms with Gasteiger partial charge in [-0.3, -0.25) is 4.79 Å². The molecule has 0 spiro atoms. The smallest absolute Gasteiger partial charge is 0.417 e. The number of benzene rings is 1. The lowest BCUT2D eigenvalue weighted by atomic mass is 10.1. The maximum absolute atomic E-state index is 11.6. The van der Waals surface area contributed by atoms with Crippen LogP contribution in [0.3, 0.4) is 0 Å². The van der Waals surface area contributed by atoms with Crippen molar-refractivity contribution in [1.82, 2.24) is 4.90 Å². The van der Waals surface area contributed by atoms with Crippen LogP contribution >= 0.6 is 0 Å². The van der Waals surface area contributed by atoms with Crippen LogP contribution in [0.2, 0.25) is 0 Å². The van der Waals surface area contributed by atoms with Crippen LogP contribution < -0.4 is 0 Å². The number of rotatable bonds is 2. The predicted octanol–water partition coefficient (Wildman–Crippen LogP) is 1.03. The number of carbonyl (C=O) groups excluding carboxylic acids is 2. The van der Waals surface area contributed by atoms with E-state index in [9.17, 15) is 14.4 Å². The molecular formula is C11H9NO5. The van der Waals surface area contributed by atoms with Crippen LogP contribution in [-0.4, -0.2) is 35.0 Å². The lowest BCUT2D eigenvalue weighted by Crippen LogP contribution is -2.24. The van der Waals surface area contributed by atoms with Gasteiger partial charge in [0.1, 0.15) is 0 Å². The third-order valence-corrected chi connectivity index (χ3v) is 2.51. The van der Waals surface area contributed by atoms with Gasteiger partial charge in [-0.25, -0.2) is 14.5 Å². The van der Waals surface area contributed by atoms with E-state index in [1.165, 1.54) is 31.3 Å². The highest BCUT2D eigenvalue weighted by Gasteiger charge is 2.38. The van der Waals surface area contributed by atoms with Gasteiger partial charge in [0.15, 0.2) is 0 Å². The molecule has 88 valence electrons. The molecule has 1 saturated heterocycles. The standard InChI is InChI=1S/C11H9NO5/c1-12-9(13)8(17-11(12)16)6-2-4-7(5-3-6)10(14)15/h2-5,8H,1H3,(H,14,15). The Morgan fingerprint density at radius 1 is 1.29 bits per heavy atom. The second-order valence-corrected chi connectivity index (χ2v) is 3.59. The summed E-state index contributed by atoms with van der Waals surface area (Å²) < 4.78 is 4.86. The Labute approximate surface area is 96.4 Å². The summed E-state index contributed by atoms with van der Waals surface area (Å²) in [5.41, 5.74) is 0.566. The van der Waals surface area contributed by atoms with Gasteiger partial charge in [-0.15, -0.1) is 0 Å². The fourth-order valence-electron chi connectivity index (χ4n) is 1.51. The van der Waals surface area contributed by atoms with Crippen molar-refractivity contribution >= 4 is 18.0 Å². The molecule has 0 radical (unpaired) electrons. The van der Waals surface area contributed by atoms with Crippen LogP contribution in [0.4, 0.5) is 4.79 Å². The molecule has 1 heterocycles. The molecule has 0 aromatic heterocycles. The van der Waals surface area contributed by atoms with E-state index in [-0.39, 0.29) is 5.56 Å². The van der Waals surface area contributed by atoms with Crippen molar-refractivity contribution in [2.75, 3.05) is 7.05 Å². The number of carboxylic acids is 1. The third kappa shape index (κ3) is 1.84. The molecule has 1 aliphatic heterocycles. The lowest BCUT2D eigenvalue weighted by molar-refractivity contribution is -0.129. The highest BCUT2D eigenvalue weighted by molar-refractivity contribution is 6.00. The number of ether oxygens (including phenoxy) is 1. The Kier molecular flexibility index (Phi) is 2.55. The van der Waals surface area contributed by atoms with Gasteiger partial charge < -0.3 is 9.84 Å². The summed E-state index contributed by atoms with van der Waals surface area (Å²) in [5.74, 6) is -1.51. The van der Waals surface area contributed by atoms with Gasteiger partial charge in [0.2, 0.25) is 6.10 Å². The van der Waals surface area contributed by atoms with Crippen molar-refractivity contribution in [3.63, 3.8) is 0 Å². The molecule has 17 heavy (non-hydrogen) atoms. The number of hydrogen-bond acceptors (Lipinski definition) is 4. The lowest BCUT2D eigenvalue weighted by Gasteiger charge is -2.06. The molecule has 1 aromatic rings. The van der Waals surface area contributed by atoms with E-state index in [2.05, 4.69) is 0 Å². The van der Waals surface area contributed by atoms with Crippen molar-refractivity contribution in [3.05, 3.63) is 35.4 Å². The number of aromatic carboxylic acids is 1. The Morgan fingerprint density at radius 3 is 2.29 bits per heavy atom. The van der Waals surface area contributed by atoms with Gasteiger partial charge in [-0.1, -0.05) is 12.1 Å². The van der Waals surface area contributed by atoms with E-state index < -0.39 is 24.1 Å². The zero-order chi connectivity index (χ0) is 12.6. The fraction of sp³-hybridized carbons (Fsp3) is 0.182. The Hall–Kier alpha value is -2.37. The Morgan fingerprint density at radius 2 is 1.88 bits per heavy atom. The second-order valence-electron chi connectivity index (χ2n) is 3.59. The molecule has 2 rings (SSSR count). The molecule has 1 atom stereocenters. The van der Waals surface area contributed by atoms with Crippen LogP contribution in [0.5, 0.6) is 0 Å². The van der Waals surface area contributed by atoms with E-state index in [1.807, 2.05) is 0 Å². The van der Waals surface area contributed by atoms with E-state index in [4.69, 9.17) is 9.84 Å². The van der Waals surface area contributed by atoms with Gasteiger partial charge >= 0.3 is 12.1 Å². The monoisotopic (exact) mass is 235 g/mol. The van der Waals surface area contributed by atoms with Crippen molar-refractivity contribution < 1.29 is 24.2 Å². The average Bonchev–Trinajstić information content (AvgIpc) is 2.57. The van der Waals surface area contributed by atoms with Gasteiger partial charge in [0.25, 0.3) is 5.91 Å². The number of amides is 2. The van der Waals surface area contributed by atoms with Gasteiger partial charge in [-0.2, -0.15) is 0 Å². The zero-order valence-electron chi connectivity index (χ0n) is 8.91. The first-order valence-corrected chi connectivity index (χ1v) is 4.82. The van der Waals surface area contributed by atoms with Crippen molar-refractivity contribution in [2.45, 2.75) is 6.10 Å². The second kappa shape index (κ2) is 3.89. The molecule has 6 heteroatoms. The molecule has 2 amide bonds.